The second-order valence-corrected chi connectivity index (χ2v) is 6.96. The summed E-state index contributed by atoms with van der Waals surface area (Å²) in [5.74, 6) is -0.177. The molecule has 0 spiro atoms. The van der Waals surface area contributed by atoms with E-state index in [0.29, 0.717) is 22.0 Å². The van der Waals surface area contributed by atoms with Gasteiger partial charge in [0, 0.05) is 5.69 Å². The van der Waals surface area contributed by atoms with Gasteiger partial charge in [0.15, 0.2) is 6.61 Å². The summed E-state index contributed by atoms with van der Waals surface area (Å²) in [6.45, 7) is 0.229. The van der Waals surface area contributed by atoms with Crippen LogP contribution in [0.4, 0.5) is 15.8 Å². The van der Waals surface area contributed by atoms with Crippen molar-refractivity contribution < 1.29 is 18.7 Å². The van der Waals surface area contributed by atoms with Gasteiger partial charge in [-0.3, -0.25) is 9.59 Å². The van der Waals surface area contributed by atoms with Crippen molar-refractivity contribution in [3.05, 3.63) is 76.2 Å². The molecule has 0 bridgehead atoms. The Morgan fingerprint density at radius 1 is 1.19 bits per heavy atom. The number of benzene rings is 2. The first-order chi connectivity index (χ1) is 13.1. The molecule has 0 saturated heterocycles. The van der Waals surface area contributed by atoms with Crippen LogP contribution in [0, 0.1) is 5.82 Å². The van der Waals surface area contributed by atoms with E-state index < -0.39 is 0 Å². The summed E-state index contributed by atoms with van der Waals surface area (Å²) < 4.78 is 18.6. The quantitative estimate of drug-likeness (QED) is 0.740. The normalized spacial score (nSPS) is 13.1. The number of anilines is 2. The average molecular weight is 382 g/mol. The number of thiophene rings is 1. The van der Waals surface area contributed by atoms with Gasteiger partial charge in [0.05, 0.1) is 17.1 Å². The molecule has 2 heterocycles. The smallest absolute Gasteiger partial charge is 0.265 e. The van der Waals surface area contributed by atoms with E-state index >= 15 is 0 Å². The predicted octanol–water partition coefficient (Wildman–Crippen LogP) is 4.07. The van der Waals surface area contributed by atoms with Gasteiger partial charge >= 0.3 is 0 Å². The molecule has 0 fully saturated rings. The Kier molecular flexibility index (Phi) is 4.60. The Morgan fingerprint density at radius 2 is 2.00 bits per heavy atom. The number of nitrogens with one attached hydrogen (secondary N) is 1. The van der Waals surface area contributed by atoms with Crippen molar-refractivity contribution in [3.8, 4) is 5.75 Å². The molecule has 3 aromatic rings. The maximum Gasteiger partial charge on any atom is 0.265 e. The summed E-state index contributed by atoms with van der Waals surface area (Å²) in [4.78, 5) is 26.8. The second-order valence-electron chi connectivity index (χ2n) is 6.01. The number of amides is 2. The molecule has 27 heavy (non-hydrogen) atoms. The summed E-state index contributed by atoms with van der Waals surface area (Å²) in [7, 11) is 0. The maximum absolute atomic E-state index is 13.1. The fraction of sp³-hybridized carbons (Fsp3) is 0.100. The first kappa shape index (κ1) is 17.2. The maximum atomic E-state index is 13.1. The minimum Gasteiger partial charge on any atom is -0.482 e. The zero-order valence-corrected chi connectivity index (χ0v) is 15.0. The van der Waals surface area contributed by atoms with E-state index in [4.69, 9.17) is 4.74 Å². The number of nitrogens with zero attached hydrogens (tertiary/aromatic N) is 1. The third-order valence-corrected chi connectivity index (χ3v) is 5.03. The molecule has 0 unspecified atom stereocenters. The highest BCUT2D eigenvalue weighted by atomic mass is 32.1. The molecule has 0 radical (unpaired) electrons. The molecule has 5 nitrogen and oxygen atoms in total. The molecule has 136 valence electrons. The number of carbonyl (C=O) groups excluding carboxylic acids is 2. The molecule has 0 saturated carbocycles. The van der Waals surface area contributed by atoms with Gasteiger partial charge in [-0.2, -0.15) is 0 Å². The summed E-state index contributed by atoms with van der Waals surface area (Å²) in [6.07, 6.45) is 0. The zero-order valence-electron chi connectivity index (χ0n) is 14.1. The molecular formula is C20H15FN2O3S. The number of fused-ring (bicyclic) bond motifs is 1. The van der Waals surface area contributed by atoms with Crippen molar-refractivity contribution in [1.29, 1.82) is 0 Å². The van der Waals surface area contributed by atoms with Crippen LogP contribution < -0.4 is 15.0 Å². The van der Waals surface area contributed by atoms with Gasteiger partial charge in [0.25, 0.3) is 11.8 Å². The van der Waals surface area contributed by atoms with Crippen LogP contribution in [0.3, 0.4) is 0 Å². The van der Waals surface area contributed by atoms with Crippen LogP contribution in [0.25, 0.3) is 0 Å². The largest absolute Gasteiger partial charge is 0.482 e. The van der Waals surface area contributed by atoms with Crippen LogP contribution >= 0.6 is 11.3 Å². The van der Waals surface area contributed by atoms with Gasteiger partial charge in [0.1, 0.15) is 11.6 Å². The van der Waals surface area contributed by atoms with E-state index in [0.717, 1.165) is 5.56 Å². The Morgan fingerprint density at radius 3 is 2.74 bits per heavy atom. The van der Waals surface area contributed by atoms with Crippen molar-refractivity contribution in [1.82, 2.24) is 0 Å². The van der Waals surface area contributed by atoms with E-state index in [-0.39, 0.29) is 30.8 Å². The Labute approximate surface area is 159 Å². The zero-order chi connectivity index (χ0) is 18.8. The van der Waals surface area contributed by atoms with Gasteiger partial charge in [-0.25, -0.2) is 4.39 Å². The van der Waals surface area contributed by atoms with E-state index in [2.05, 4.69) is 5.32 Å². The first-order valence-electron chi connectivity index (χ1n) is 8.27. The fourth-order valence-electron chi connectivity index (χ4n) is 2.83. The van der Waals surface area contributed by atoms with E-state index in [9.17, 15) is 14.0 Å². The average Bonchev–Trinajstić information content (AvgIpc) is 3.21. The fourth-order valence-corrected chi connectivity index (χ4v) is 3.45. The van der Waals surface area contributed by atoms with Crippen LogP contribution in [-0.4, -0.2) is 18.4 Å². The second kappa shape index (κ2) is 7.20. The number of hydrogen-bond donors (Lipinski definition) is 1. The van der Waals surface area contributed by atoms with E-state index in [1.165, 1.54) is 23.5 Å². The Balaban J connectivity index is 1.61. The molecule has 2 amide bonds. The number of ether oxygens (including phenoxy) is 1. The minimum absolute atomic E-state index is 0.0604. The Hall–Kier alpha value is -3.19. The van der Waals surface area contributed by atoms with E-state index in [1.54, 1.807) is 41.3 Å². The van der Waals surface area contributed by atoms with E-state index in [1.807, 2.05) is 11.4 Å². The molecule has 1 N–H and O–H groups in total. The highest BCUT2D eigenvalue weighted by molar-refractivity contribution is 7.12. The summed E-state index contributed by atoms with van der Waals surface area (Å²) >= 11 is 1.35. The van der Waals surface area contributed by atoms with Gasteiger partial charge in [-0.05, 0) is 47.3 Å². The topological polar surface area (TPSA) is 58.6 Å². The molecule has 7 heteroatoms. The summed E-state index contributed by atoms with van der Waals surface area (Å²) in [6, 6.07) is 14.7. The predicted molar refractivity (Wildman–Crippen MR) is 102 cm³/mol. The lowest BCUT2D eigenvalue weighted by molar-refractivity contribution is -0.121. The number of halogens is 1. The summed E-state index contributed by atoms with van der Waals surface area (Å²) in [5.41, 5.74) is 1.93. The lowest BCUT2D eigenvalue weighted by Gasteiger charge is -2.30. The van der Waals surface area contributed by atoms with Crippen LogP contribution in [0.2, 0.25) is 0 Å². The summed E-state index contributed by atoms with van der Waals surface area (Å²) in [5, 5.41) is 4.66. The lowest BCUT2D eigenvalue weighted by Crippen LogP contribution is -2.38. The van der Waals surface area contributed by atoms with Crippen molar-refractivity contribution in [3.63, 3.8) is 0 Å². The van der Waals surface area contributed by atoms with Crippen LogP contribution in [0.15, 0.2) is 60.0 Å². The van der Waals surface area contributed by atoms with Crippen molar-refractivity contribution in [2.24, 2.45) is 0 Å². The third-order valence-electron chi connectivity index (χ3n) is 4.16. The molecule has 1 aliphatic heterocycles. The van der Waals surface area contributed by atoms with Crippen LogP contribution in [0.5, 0.6) is 5.75 Å². The van der Waals surface area contributed by atoms with Gasteiger partial charge < -0.3 is 15.0 Å². The molecule has 1 aliphatic rings. The van der Waals surface area contributed by atoms with Crippen molar-refractivity contribution in [2.45, 2.75) is 6.54 Å². The number of rotatable bonds is 4. The van der Waals surface area contributed by atoms with Gasteiger partial charge in [0.2, 0.25) is 0 Å². The number of carbonyl (C=O) groups is 2. The van der Waals surface area contributed by atoms with Crippen molar-refractivity contribution >= 4 is 34.5 Å². The number of hydrogen-bond acceptors (Lipinski definition) is 4. The van der Waals surface area contributed by atoms with Crippen LogP contribution in [0.1, 0.15) is 15.2 Å². The SMILES string of the molecule is O=C(Nc1ccc2c(c1)N(Cc1ccc(F)cc1)C(=O)CO2)c1cccs1. The first-order valence-corrected chi connectivity index (χ1v) is 9.14. The third kappa shape index (κ3) is 3.68. The van der Waals surface area contributed by atoms with Crippen LogP contribution in [-0.2, 0) is 11.3 Å². The highest BCUT2D eigenvalue weighted by Gasteiger charge is 2.26. The van der Waals surface area contributed by atoms with Crippen molar-refractivity contribution in [2.75, 3.05) is 16.8 Å². The monoisotopic (exact) mass is 382 g/mol. The standard InChI is InChI=1S/C20H15FN2O3S/c21-14-5-3-13(4-6-14)11-23-16-10-15(7-8-17(16)26-12-19(23)24)22-20(25)18-2-1-9-27-18/h1-10H,11-12H2,(H,22,25). The molecule has 4 rings (SSSR count). The molecule has 2 aromatic carbocycles. The molecular weight excluding hydrogens is 367 g/mol. The Bertz CT molecular complexity index is 987. The minimum atomic E-state index is -0.328. The highest BCUT2D eigenvalue weighted by Crippen LogP contribution is 2.35. The van der Waals surface area contributed by atoms with Gasteiger partial charge in [-0.1, -0.05) is 18.2 Å². The van der Waals surface area contributed by atoms with Gasteiger partial charge in [-0.15, -0.1) is 11.3 Å². The molecule has 0 atom stereocenters. The lowest BCUT2D eigenvalue weighted by atomic mass is 10.1. The molecule has 0 aliphatic carbocycles. The molecule has 1 aromatic heterocycles.